The minimum absolute atomic E-state index is 0.0261. The number of anilines is 1. The zero-order chi connectivity index (χ0) is 25.5. The fourth-order valence-electron chi connectivity index (χ4n) is 4.77. The number of ether oxygens (including phenoxy) is 1. The number of carbonyl (C=O) groups excluding carboxylic acids is 2. The number of fused-ring (bicyclic) bond motifs is 1. The highest BCUT2D eigenvalue weighted by Crippen LogP contribution is 2.35. The maximum absolute atomic E-state index is 13.6. The van der Waals surface area contributed by atoms with Gasteiger partial charge in [-0.15, -0.1) is 0 Å². The SMILES string of the molecule is O=C1Cc2cc(CCN3C(=O)CO[C@@H]3c3cn(-c4ccc(F)cc4)nc3-c3ccc(F)cc3)ccc2N1. The smallest absolute Gasteiger partial charge is 0.250 e. The minimum Gasteiger partial charge on any atom is -0.344 e. The van der Waals surface area contributed by atoms with Gasteiger partial charge < -0.3 is 15.0 Å². The summed E-state index contributed by atoms with van der Waals surface area (Å²) < 4.78 is 34.7. The Morgan fingerprint density at radius 3 is 2.46 bits per heavy atom. The van der Waals surface area contributed by atoms with Gasteiger partial charge in [-0.25, -0.2) is 13.5 Å². The zero-order valence-electron chi connectivity index (χ0n) is 19.7. The lowest BCUT2D eigenvalue weighted by atomic mass is 10.0. The first-order chi connectivity index (χ1) is 17.9. The molecule has 0 saturated carbocycles. The van der Waals surface area contributed by atoms with Crippen LogP contribution in [0.25, 0.3) is 16.9 Å². The van der Waals surface area contributed by atoms with Gasteiger partial charge in [0.05, 0.1) is 12.1 Å². The Kier molecular flexibility index (Phi) is 5.77. The van der Waals surface area contributed by atoms with Crippen LogP contribution >= 0.6 is 0 Å². The Labute approximate surface area is 211 Å². The van der Waals surface area contributed by atoms with E-state index in [1.54, 1.807) is 40.0 Å². The maximum Gasteiger partial charge on any atom is 0.250 e. The fourth-order valence-corrected chi connectivity index (χ4v) is 4.77. The molecule has 1 N–H and O–H groups in total. The van der Waals surface area contributed by atoms with Crippen LogP contribution < -0.4 is 5.32 Å². The number of hydrogen-bond acceptors (Lipinski definition) is 4. The average Bonchev–Trinajstić information content (AvgIpc) is 3.59. The quantitative estimate of drug-likeness (QED) is 0.426. The fraction of sp³-hybridized carbons (Fsp3) is 0.179. The largest absolute Gasteiger partial charge is 0.344 e. The molecule has 0 bridgehead atoms. The normalized spacial score (nSPS) is 16.8. The third-order valence-corrected chi connectivity index (χ3v) is 6.62. The molecule has 1 atom stereocenters. The highest BCUT2D eigenvalue weighted by atomic mass is 19.1. The summed E-state index contributed by atoms with van der Waals surface area (Å²) in [5.74, 6) is -0.912. The van der Waals surface area contributed by atoms with Gasteiger partial charge in [0.25, 0.3) is 5.91 Å². The van der Waals surface area contributed by atoms with Crippen molar-refractivity contribution in [2.75, 3.05) is 18.5 Å². The van der Waals surface area contributed by atoms with Crippen LogP contribution in [-0.2, 0) is 27.2 Å². The number of halogens is 2. The molecule has 6 rings (SSSR count). The van der Waals surface area contributed by atoms with Gasteiger partial charge >= 0.3 is 0 Å². The Morgan fingerprint density at radius 2 is 1.70 bits per heavy atom. The third kappa shape index (κ3) is 4.49. The van der Waals surface area contributed by atoms with Crippen molar-refractivity contribution >= 4 is 17.5 Å². The van der Waals surface area contributed by atoms with Crippen molar-refractivity contribution in [2.45, 2.75) is 19.1 Å². The molecule has 3 aromatic carbocycles. The molecule has 9 heteroatoms. The molecule has 2 aliphatic rings. The molecule has 4 aromatic rings. The Bertz CT molecular complexity index is 1500. The summed E-state index contributed by atoms with van der Waals surface area (Å²) >= 11 is 0. The molecular weight excluding hydrogens is 478 g/mol. The first kappa shape index (κ1) is 23.1. The molecule has 186 valence electrons. The van der Waals surface area contributed by atoms with Crippen LogP contribution in [0, 0.1) is 11.6 Å². The van der Waals surface area contributed by atoms with E-state index >= 15 is 0 Å². The molecule has 0 radical (unpaired) electrons. The summed E-state index contributed by atoms with van der Waals surface area (Å²) in [6, 6.07) is 17.6. The summed E-state index contributed by atoms with van der Waals surface area (Å²) in [4.78, 5) is 26.2. The van der Waals surface area contributed by atoms with Crippen LogP contribution in [0.15, 0.2) is 72.9 Å². The second kappa shape index (κ2) is 9.25. The summed E-state index contributed by atoms with van der Waals surface area (Å²) in [6.45, 7) is 0.326. The number of rotatable bonds is 6. The van der Waals surface area contributed by atoms with Crippen LogP contribution in [0.3, 0.4) is 0 Å². The summed E-state index contributed by atoms with van der Waals surface area (Å²) in [5.41, 5.74) is 5.26. The third-order valence-electron chi connectivity index (χ3n) is 6.62. The van der Waals surface area contributed by atoms with Crippen molar-refractivity contribution in [2.24, 2.45) is 0 Å². The molecule has 37 heavy (non-hydrogen) atoms. The highest BCUT2D eigenvalue weighted by molar-refractivity contribution is 5.99. The molecule has 2 amide bonds. The molecule has 7 nitrogen and oxygen atoms in total. The number of nitrogens with one attached hydrogen (secondary N) is 1. The van der Waals surface area contributed by atoms with E-state index in [1.165, 1.54) is 24.3 Å². The van der Waals surface area contributed by atoms with Gasteiger partial charge in [0.15, 0.2) is 6.23 Å². The van der Waals surface area contributed by atoms with Crippen molar-refractivity contribution in [3.05, 3.63) is 101 Å². The summed E-state index contributed by atoms with van der Waals surface area (Å²) in [7, 11) is 0. The van der Waals surface area contributed by atoms with Gasteiger partial charge in [-0.2, -0.15) is 5.10 Å². The molecular formula is C28H22F2N4O3. The lowest BCUT2D eigenvalue weighted by molar-refractivity contribution is -0.128. The topological polar surface area (TPSA) is 76.5 Å². The molecule has 0 aliphatic carbocycles. The van der Waals surface area contributed by atoms with Gasteiger partial charge in [0, 0.05) is 29.6 Å². The molecule has 2 aliphatic heterocycles. The van der Waals surface area contributed by atoms with Crippen LogP contribution in [0.5, 0.6) is 0 Å². The van der Waals surface area contributed by atoms with Crippen molar-refractivity contribution in [3.63, 3.8) is 0 Å². The van der Waals surface area contributed by atoms with E-state index in [2.05, 4.69) is 5.32 Å². The minimum atomic E-state index is -0.695. The van der Waals surface area contributed by atoms with Crippen molar-refractivity contribution in [1.29, 1.82) is 0 Å². The van der Waals surface area contributed by atoms with Crippen molar-refractivity contribution in [1.82, 2.24) is 14.7 Å². The number of nitrogens with zero attached hydrogens (tertiary/aromatic N) is 3. The van der Waals surface area contributed by atoms with Crippen LogP contribution in [0.1, 0.15) is 22.9 Å². The first-order valence-corrected chi connectivity index (χ1v) is 11.9. The lowest BCUT2D eigenvalue weighted by Gasteiger charge is -2.23. The van der Waals surface area contributed by atoms with Crippen LogP contribution in [-0.4, -0.2) is 39.6 Å². The predicted octanol–water partition coefficient (Wildman–Crippen LogP) is 4.41. The molecule has 1 aromatic heterocycles. The van der Waals surface area contributed by atoms with E-state index in [1.807, 2.05) is 18.2 Å². The van der Waals surface area contributed by atoms with Gasteiger partial charge in [-0.3, -0.25) is 9.59 Å². The predicted molar refractivity (Wildman–Crippen MR) is 132 cm³/mol. The Morgan fingerprint density at radius 1 is 0.973 bits per heavy atom. The van der Waals surface area contributed by atoms with Gasteiger partial charge in [0.1, 0.15) is 23.9 Å². The number of benzene rings is 3. The lowest BCUT2D eigenvalue weighted by Crippen LogP contribution is -2.30. The second-order valence-electron chi connectivity index (χ2n) is 9.08. The van der Waals surface area contributed by atoms with Gasteiger partial charge in [-0.1, -0.05) is 12.1 Å². The summed E-state index contributed by atoms with van der Waals surface area (Å²) in [6.07, 6.45) is 1.99. The van der Waals surface area contributed by atoms with E-state index < -0.39 is 6.23 Å². The second-order valence-corrected chi connectivity index (χ2v) is 9.08. The number of amides is 2. The van der Waals surface area contributed by atoms with Crippen molar-refractivity contribution < 1.29 is 23.1 Å². The average molecular weight is 501 g/mol. The molecule has 0 spiro atoms. The maximum atomic E-state index is 13.6. The molecule has 1 saturated heterocycles. The van der Waals surface area contributed by atoms with Crippen molar-refractivity contribution in [3.8, 4) is 16.9 Å². The van der Waals surface area contributed by atoms with Gasteiger partial charge in [-0.05, 0) is 72.1 Å². The Balaban J connectivity index is 1.32. The van der Waals surface area contributed by atoms with Crippen LogP contribution in [0.2, 0.25) is 0 Å². The van der Waals surface area contributed by atoms with E-state index in [0.717, 1.165) is 16.8 Å². The Hall–Kier alpha value is -4.37. The first-order valence-electron chi connectivity index (χ1n) is 11.9. The standard InChI is InChI=1S/C28H22F2N4O3/c29-20-4-2-18(3-5-20)27-23(15-34(32-27)22-8-6-21(30)7-9-22)28-33(26(36)16-37-28)12-11-17-1-10-24-19(13-17)14-25(35)31-24/h1-10,13,15,28H,11-12,14,16H2,(H,31,35)/t28-/m1/s1. The van der Waals surface area contributed by atoms with Crippen LogP contribution in [0.4, 0.5) is 14.5 Å². The highest BCUT2D eigenvalue weighted by Gasteiger charge is 2.36. The van der Waals surface area contributed by atoms with E-state index in [4.69, 9.17) is 9.84 Å². The number of hydrogen-bond donors (Lipinski definition) is 1. The van der Waals surface area contributed by atoms with Gasteiger partial charge in [0.2, 0.25) is 5.91 Å². The van der Waals surface area contributed by atoms with E-state index in [0.29, 0.717) is 41.9 Å². The molecule has 3 heterocycles. The molecule has 1 fully saturated rings. The summed E-state index contributed by atoms with van der Waals surface area (Å²) in [5, 5.41) is 7.52. The monoisotopic (exact) mass is 500 g/mol. The number of aromatic nitrogens is 2. The number of carbonyl (C=O) groups is 2. The van der Waals surface area contributed by atoms with E-state index in [-0.39, 0.29) is 30.1 Å². The molecule has 0 unspecified atom stereocenters. The van der Waals surface area contributed by atoms with E-state index in [9.17, 15) is 18.4 Å². The zero-order valence-corrected chi connectivity index (χ0v) is 19.7.